The van der Waals surface area contributed by atoms with E-state index in [2.05, 4.69) is 0 Å². The Morgan fingerprint density at radius 1 is 1.20 bits per heavy atom. The number of benzene rings is 1. The zero-order valence-electron chi connectivity index (χ0n) is 8.56. The number of esters is 1. The van der Waals surface area contributed by atoms with Gasteiger partial charge in [0.05, 0.1) is 11.5 Å². The molecule has 1 aromatic rings. The van der Waals surface area contributed by atoms with Crippen LogP contribution in [0.3, 0.4) is 0 Å². The van der Waals surface area contributed by atoms with Gasteiger partial charge in [0.25, 0.3) is 0 Å². The molecule has 1 aromatic carbocycles. The molecule has 4 heteroatoms. The summed E-state index contributed by atoms with van der Waals surface area (Å²) < 4.78 is 4.98. The van der Waals surface area contributed by atoms with Gasteiger partial charge >= 0.3 is 11.9 Å². The van der Waals surface area contributed by atoms with E-state index in [1.54, 1.807) is 13.8 Å². The average Bonchev–Trinajstić information content (AvgIpc) is 2.18. The number of hydrogen-bond donors (Lipinski definition) is 1. The molecule has 0 aliphatic carbocycles. The van der Waals surface area contributed by atoms with E-state index in [0.717, 1.165) is 0 Å². The lowest BCUT2D eigenvalue weighted by Crippen LogP contribution is -2.14. The standard InChI is InChI=1S/C11H12O4/c1-7(2)11(14)15-9-5-3-8(4-6-9)10(12)13/h3-7H,1-2H3,(H,12,13). The molecule has 0 bridgehead atoms. The van der Waals surface area contributed by atoms with Crippen molar-refractivity contribution in [2.75, 3.05) is 0 Å². The van der Waals surface area contributed by atoms with Gasteiger partial charge in [-0.2, -0.15) is 0 Å². The molecular weight excluding hydrogens is 196 g/mol. The Labute approximate surface area is 87.5 Å². The lowest BCUT2D eigenvalue weighted by Gasteiger charge is -2.06. The molecule has 0 radical (unpaired) electrons. The van der Waals surface area contributed by atoms with E-state index < -0.39 is 5.97 Å². The zero-order chi connectivity index (χ0) is 11.4. The first kappa shape index (κ1) is 11.2. The summed E-state index contributed by atoms with van der Waals surface area (Å²) >= 11 is 0. The maximum absolute atomic E-state index is 11.2. The molecule has 0 saturated carbocycles. The fourth-order valence-corrected chi connectivity index (χ4v) is 0.900. The second kappa shape index (κ2) is 4.59. The highest BCUT2D eigenvalue weighted by atomic mass is 16.5. The normalized spacial score (nSPS) is 10.1. The monoisotopic (exact) mass is 208 g/mol. The molecule has 0 atom stereocenters. The van der Waals surface area contributed by atoms with Crippen molar-refractivity contribution in [3.63, 3.8) is 0 Å². The van der Waals surface area contributed by atoms with Gasteiger partial charge < -0.3 is 9.84 Å². The summed E-state index contributed by atoms with van der Waals surface area (Å²) in [5, 5.41) is 8.64. The van der Waals surface area contributed by atoms with Crippen LogP contribution in [0.25, 0.3) is 0 Å². The predicted octanol–water partition coefficient (Wildman–Crippen LogP) is 1.95. The van der Waals surface area contributed by atoms with Crippen LogP contribution in [-0.4, -0.2) is 17.0 Å². The Bertz CT molecular complexity index is 365. The number of hydrogen-bond acceptors (Lipinski definition) is 3. The van der Waals surface area contributed by atoms with Crippen LogP contribution in [0.5, 0.6) is 5.75 Å². The third-order valence-corrected chi connectivity index (χ3v) is 1.79. The van der Waals surface area contributed by atoms with Crippen LogP contribution >= 0.6 is 0 Å². The van der Waals surface area contributed by atoms with E-state index in [-0.39, 0.29) is 17.5 Å². The highest BCUT2D eigenvalue weighted by Gasteiger charge is 2.10. The van der Waals surface area contributed by atoms with Crippen LogP contribution in [0.1, 0.15) is 24.2 Å². The summed E-state index contributed by atoms with van der Waals surface area (Å²) in [5.41, 5.74) is 0.166. The van der Waals surface area contributed by atoms with Gasteiger partial charge in [0, 0.05) is 0 Å². The van der Waals surface area contributed by atoms with Crippen molar-refractivity contribution in [3.05, 3.63) is 29.8 Å². The van der Waals surface area contributed by atoms with Crippen molar-refractivity contribution in [3.8, 4) is 5.75 Å². The lowest BCUT2D eigenvalue weighted by molar-refractivity contribution is -0.137. The highest BCUT2D eigenvalue weighted by Crippen LogP contribution is 2.13. The van der Waals surface area contributed by atoms with E-state index in [4.69, 9.17) is 9.84 Å². The van der Waals surface area contributed by atoms with Crippen molar-refractivity contribution >= 4 is 11.9 Å². The van der Waals surface area contributed by atoms with E-state index >= 15 is 0 Å². The van der Waals surface area contributed by atoms with Gasteiger partial charge in [0.1, 0.15) is 5.75 Å². The van der Waals surface area contributed by atoms with Crippen LogP contribution in [0, 0.1) is 5.92 Å². The van der Waals surface area contributed by atoms with Crippen LogP contribution in [0.2, 0.25) is 0 Å². The molecule has 0 spiro atoms. The quantitative estimate of drug-likeness (QED) is 0.609. The first-order chi connectivity index (χ1) is 7.00. The number of carbonyl (C=O) groups is 2. The molecular formula is C11H12O4. The van der Waals surface area contributed by atoms with Gasteiger partial charge in [0.2, 0.25) is 0 Å². The van der Waals surface area contributed by atoms with E-state index in [9.17, 15) is 9.59 Å². The maximum Gasteiger partial charge on any atom is 0.335 e. The second-order valence-corrected chi connectivity index (χ2v) is 3.41. The molecule has 0 heterocycles. The molecule has 0 unspecified atom stereocenters. The average molecular weight is 208 g/mol. The fourth-order valence-electron chi connectivity index (χ4n) is 0.900. The Balaban J connectivity index is 2.73. The first-order valence-electron chi connectivity index (χ1n) is 4.55. The molecule has 0 fully saturated rings. The molecule has 15 heavy (non-hydrogen) atoms. The third-order valence-electron chi connectivity index (χ3n) is 1.79. The van der Waals surface area contributed by atoms with Crippen molar-refractivity contribution in [1.29, 1.82) is 0 Å². The zero-order valence-corrected chi connectivity index (χ0v) is 8.56. The number of rotatable bonds is 3. The molecule has 0 aliphatic heterocycles. The minimum atomic E-state index is -1.00. The van der Waals surface area contributed by atoms with Gasteiger partial charge in [-0.05, 0) is 24.3 Å². The maximum atomic E-state index is 11.2. The minimum absolute atomic E-state index is 0.166. The van der Waals surface area contributed by atoms with Gasteiger partial charge in [-0.1, -0.05) is 13.8 Å². The Morgan fingerprint density at radius 2 is 1.73 bits per heavy atom. The van der Waals surface area contributed by atoms with Crippen LogP contribution in [-0.2, 0) is 4.79 Å². The fraction of sp³-hybridized carbons (Fsp3) is 0.273. The van der Waals surface area contributed by atoms with E-state index in [1.807, 2.05) is 0 Å². The molecule has 0 amide bonds. The van der Waals surface area contributed by atoms with Crippen molar-refractivity contribution in [2.24, 2.45) is 5.92 Å². The third kappa shape index (κ3) is 3.09. The van der Waals surface area contributed by atoms with Gasteiger partial charge in [0.15, 0.2) is 0 Å². The van der Waals surface area contributed by atoms with Crippen LogP contribution < -0.4 is 4.74 Å². The number of carboxylic acids is 1. The Morgan fingerprint density at radius 3 is 2.13 bits per heavy atom. The minimum Gasteiger partial charge on any atom is -0.478 e. The Hall–Kier alpha value is -1.84. The largest absolute Gasteiger partial charge is 0.478 e. The smallest absolute Gasteiger partial charge is 0.335 e. The second-order valence-electron chi connectivity index (χ2n) is 3.41. The summed E-state index contributed by atoms with van der Waals surface area (Å²) in [7, 11) is 0. The number of aromatic carboxylic acids is 1. The Kier molecular flexibility index (Phi) is 3.44. The highest BCUT2D eigenvalue weighted by molar-refractivity contribution is 5.87. The van der Waals surface area contributed by atoms with Crippen molar-refractivity contribution in [1.82, 2.24) is 0 Å². The predicted molar refractivity (Wildman–Crippen MR) is 53.9 cm³/mol. The molecule has 1 N–H and O–H groups in total. The van der Waals surface area contributed by atoms with Crippen molar-refractivity contribution < 1.29 is 19.4 Å². The molecule has 0 aliphatic rings. The van der Waals surface area contributed by atoms with Gasteiger partial charge in [-0.15, -0.1) is 0 Å². The topological polar surface area (TPSA) is 63.6 Å². The lowest BCUT2D eigenvalue weighted by atomic mass is 10.2. The van der Waals surface area contributed by atoms with Crippen LogP contribution in [0.4, 0.5) is 0 Å². The van der Waals surface area contributed by atoms with Crippen molar-refractivity contribution in [2.45, 2.75) is 13.8 Å². The summed E-state index contributed by atoms with van der Waals surface area (Å²) in [6.45, 7) is 3.46. The number of carboxylic acid groups (broad SMARTS) is 1. The summed E-state index contributed by atoms with van der Waals surface area (Å²) in [4.78, 5) is 21.7. The molecule has 0 aromatic heterocycles. The molecule has 4 nitrogen and oxygen atoms in total. The van der Waals surface area contributed by atoms with Crippen LogP contribution in [0.15, 0.2) is 24.3 Å². The first-order valence-corrected chi connectivity index (χ1v) is 4.55. The molecule has 80 valence electrons. The van der Waals surface area contributed by atoms with E-state index in [1.165, 1.54) is 24.3 Å². The SMILES string of the molecule is CC(C)C(=O)Oc1ccc(C(=O)O)cc1. The molecule has 1 rings (SSSR count). The van der Waals surface area contributed by atoms with Gasteiger partial charge in [-0.3, -0.25) is 4.79 Å². The number of ether oxygens (including phenoxy) is 1. The number of carbonyl (C=O) groups excluding carboxylic acids is 1. The summed E-state index contributed by atoms with van der Waals surface area (Å²) in [6.07, 6.45) is 0. The molecule has 0 saturated heterocycles. The summed E-state index contributed by atoms with van der Waals surface area (Å²) in [6, 6.07) is 5.71. The van der Waals surface area contributed by atoms with E-state index in [0.29, 0.717) is 5.75 Å². The summed E-state index contributed by atoms with van der Waals surface area (Å²) in [5.74, 6) is -1.18. The van der Waals surface area contributed by atoms with Gasteiger partial charge in [-0.25, -0.2) is 4.79 Å².